The van der Waals surface area contributed by atoms with Gasteiger partial charge >= 0.3 is 0 Å². The summed E-state index contributed by atoms with van der Waals surface area (Å²) in [4.78, 5) is 13.2. The van der Waals surface area contributed by atoms with E-state index in [-0.39, 0.29) is 5.91 Å². The fourth-order valence-corrected chi connectivity index (χ4v) is 1.37. The Labute approximate surface area is 85.3 Å². The van der Waals surface area contributed by atoms with E-state index in [0.717, 1.165) is 25.4 Å². The molecule has 0 aromatic carbocycles. The van der Waals surface area contributed by atoms with Gasteiger partial charge in [0.1, 0.15) is 0 Å². The number of hydrogen-bond donors (Lipinski definition) is 1. The van der Waals surface area contributed by atoms with Crippen LogP contribution in [0.3, 0.4) is 0 Å². The number of carbonyl (C=O) groups excluding carboxylic acids is 1. The van der Waals surface area contributed by atoms with Crippen LogP contribution in [0.1, 0.15) is 13.3 Å². The minimum atomic E-state index is 0.231. The van der Waals surface area contributed by atoms with Crippen molar-refractivity contribution in [2.75, 3.05) is 38.7 Å². The molecule has 0 aromatic heterocycles. The number of nitrogens with zero attached hydrogens (tertiary/aromatic N) is 1. The molecule has 4 heteroatoms. The Balaban J connectivity index is 3.45. The summed E-state index contributed by atoms with van der Waals surface area (Å²) in [7, 11) is 1.87. The van der Waals surface area contributed by atoms with Gasteiger partial charge in [-0.3, -0.25) is 4.79 Å². The highest BCUT2D eigenvalue weighted by Gasteiger charge is 2.06. The molecular formula is C9H20N2OS. The van der Waals surface area contributed by atoms with Gasteiger partial charge in [-0.15, -0.1) is 0 Å². The first-order valence-electron chi connectivity index (χ1n) is 4.66. The fourth-order valence-electron chi connectivity index (χ4n) is 0.916. The van der Waals surface area contributed by atoms with Crippen LogP contribution in [-0.2, 0) is 4.79 Å². The molecule has 0 bridgehead atoms. The van der Waals surface area contributed by atoms with Crippen molar-refractivity contribution >= 4 is 17.7 Å². The minimum absolute atomic E-state index is 0.231. The third kappa shape index (κ3) is 6.90. The molecule has 13 heavy (non-hydrogen) atoms. The summed E-state index contributed by atoms with van der Waals surface area (Å²) < 4.78 is 0. The van der Waals surface area contributed by atoms with Gasteiger partial charge in [0.15, 0.2) is 0 Å². The van der Waals surface area contributed by atoms with Gasteiger partial charge in [-0.2, -0.15) is 11.8 Å². The zero-order chi connectivity index (χ0) is 10.1. The summed E-state index contributed by atoms with van der Waals surface area (Å²) in [6.45, 7) is 4.62. The molecule has 0 radical (unpaired) electrons. The lowest BCUT2D eigenvalue weighted by molar-refractivity contribution is -0.129. The van der Waals surface area contributed by atoms with E-state index in [9.17, 15) is 4.79 Å². The Bertz CT molecular complexity index is 142. The normalized spacial score (nSPS) is 10.1. The highest BCUT2D eigenvalue weighted by atomic mass is 32.2. The molecule has 0 aliphatic carbocycles. The Morgan fingerprint density at radius 3 is 2.77 bits per heavy atom. The SMILES string of the molecule is CCNCCC(=O)N(C)CCSC. The second kappa shape index (κ2) is 8.38. The summed E-state index contributed by atoms with van der Waals surface area (Å²) in [6.07, 6.45) is 2.66. The van der Waals surface area contributed by atoms with Crippen molar-refractivity contribution in [1.82, 2.24) is 10.2 Å². The molecule has 0 aliphatic rings. The van der Waals surface area contributed by atoms with Crippen LogP contribution < -0.4 is 5.32 Å². The van der Waals surface area contributed by atoms with Gasteiger partial charge in [0.05, 0.1) is 0 Å². The van der Waals surface area contributed by atoms with Gasteiger partial charge in [0.2, 0.25) is 5.91 Å². The maximum atomic E-state index is 11.4. The molecule has 0 atom stereocenters. The van der Waals surface area contributed by atoms with E-state index in [0.29, 0.717) is 6.42 Å². The topological polar surface area (TPSA) is 32.3 Å². The third-order valence-corrected chi connectivity index (χ3v) is 2.41. The number of carbonyl (C=O) groups is 1. The maximum absolute atomic E-state index is 11.4. The van der Waals surface area contributed by atoms with Crippen LogP contribution in [0, 0.1) is 0 Å². The average Bonchev–Trinajstić information content (AvgIpc) is 2.14. The summed E-state index contributed by atoms with van der Waals surface area (Å²) >= 11 is 1.77. The lowest BCUT2D eigenvalue weighted by atomic mass is 10.3. The standard InChI is InChI=1S/C9H20N2OS/c1-4-10-6-5-9(12)11(2)7-8-13-3/h10H,4-8H2,1-3H3. The van der Waals surface area contributed by atoms with Crippen molar-refractivity contribution in [1.29, 1.82) is 0 Å². The van der Waals surface area contributed by atoms with Gasteiger partial charge in [0, 0.05) is 32.3 Å². The molecule has 1 amide bonds. The lowest BCUT2D eigenvalue weighted by Crippen LogP contribution is -2.31. The van der Waals surface area contributed by atoms with Crippen LogP contribution >= 0.6 is 11.8 Å². The van der Waals surface area contributed by atoms with Crippen LogP contribution in [0.2, 0.25) is 0 Å². The van der Waals surface area contributed by atoms with E-state index in [1.165, 1.54) is 0 Å². The smallest absolute Gasteiger partial charge is 0.223 e. The maximum Gasteiger partial charge on any atom is 0.223 e. The summed E-state index contributed by atoms with van der Waals surface area (Å²) in [5.74, 6) is 1.25. The summed E-state index contributed by atoms with van der Waals surface area (Å²) in [5, 5.41) is 3.14. The van der Waals surface area contributed by atoms with Crippen molar-refractivity contribution in [2.45, 2.75) is 13.3 Å². The molecule has 3 nitrogen and oxygen atoms in total. The lowest BCUT2D eigenvalue weighted by Gasteiger charge is -2.16. The monoisotopic (exact) mass is 204 g/mol. The van der Waals surface area contributed by atoms with Crippen molar-refractivity contribution in [3.05, 3.63) is 0 Å². The number of rotatable bonds is 7. The second-order valence-corrected chi connectivity index (χ2v) is 3.90. The molecule has 0 fully saturated rings. The van der Waals surface area contributed by atoms with Crippen molar-refractivity contribution < 1.29 is 4.79 Å². The number of nitrogens with one attached hydrogen (secondary N) is 1. The predicted molar refractivity (Wildman–Crippen MR) is 59.2 cm³/mol. The molecule has 0 rings (SSSR count). The van der Waals surface area contributed by atoms with Gasteiger partial charge < -0.3 is 10.2 Å². The summed E-state index contributed by atoms with van der Waals surface area (Å²) in [5.41, 5.74) is 0. The van der Waals surface area contributed by atoms with E-state index < -0.39 is 0 Å². The number of hydrogen-bond acceptors (Lipinski definition) is 3. The first-order valence-corrected chi connectivity index (χ1v) is 6.05. The van der Waals surface area contributed by atoms with Crippen LogP contribution in [0.15, 0.2) is 0 Å². The Hall–Kier alpha value is -0.220. The highest BCUT2D eigenvalue weighted by Crippen LogP contribution is 1.95. The highest BCUT2D eigenvalue weighted by molar-refractivity contribution is 7.98. The second-order valence-electron chi connectivity index (χ2n) is 2.91. The number of thioether (sulfide) groups is 1. The predicted octanol–water partition coefficient (Wildman–Crippen LogP) is 0.807. The third-order valence-electron chi connectivity index (χ3n) is 1.82. The first-order chi connectivity index (χ1) is 6.22. The number of amides is 1. The van der Waals surface area contributed by atoms with Crippen LogP contribution in [-0.4, -0.2) is 49.5 Å². The molecule has 0 spiro atoms. The van der Waals surface area contributed by atoms with E-state index in [2.05, 4.69) is 11.6 Å². The van der Waals surface area contributed by atoms with Crippen molar-refractivity contribution in [2.24, 2.45) is 0 Å². The van der Waals surface area contributed by atoms with E-state index >= 15 is 0 Å². The van der Waals surface area contributed by atoms with Gasteiger partial charge in [-0.25, -0.2) is 0 Å². The molecule has 0 aromatic rings. The summed E-state index contributed by atoms with van der Waals surface area (Å²) in [6, 6.07) is 0. The largest absolute Gasteiger partial charge is 0.345 e. The quantitative estimate of drug-likeness (QED) is 0.623. The Morgan fingerprint density at radius 1 is 1.54 bits per heavy atom. The molecule has 0 unspecified atom stereocenters. The Morgan fingerprint density at radius 2 is 2.23 bits per heavy atom. The van der Waals surface area contributed by atoms with Gasteiger partial charge in [-0.1, -0.05) is 6.92 Å². The molecule has 0 aliphatic heterocycles. The molecule has 0 saturated carbocycles. The molecule has 78 valence electrons. The van der Waals surface area contributed by atoms with Gasteiger partial charge in [0.25, 0.3) is 0 Å². The zero-order valence-electron chi connectivity index (χ0n) is 8.80. The van der Waals surface area contributed by atoms with Crippen molar-refractivity contribution in [3.63, 3.8) is 0 Å². The molecule has 1 N–H and O–H groups in total. The van der Waals surface area contributed by atoms with E-state index in [4.69, 9.17) is 0 Å². The molecule has 0 saturated heterocycles. The molecular weight excluding hydrogens is 184 g/mol. The van der Waals surface area contributed by atoms with Crippen LogP contribution in [0.25, 0.3) is 0 Å². The Kier molecular flexibility index (Phi) is 8.24. The average molecular weight is 204 g/mol. The zero-order valence-corrected chi connectivity index (χ0v) is 9.62. The molecule has 0 heterocycles. The van der Waals surface area contributed by atoms with E-state index in [1.54, 1.807) is 16.7 Å². The first kappa shape index (κ1) is 12.8. The fraction of sp³-hybridized carbons (Fsp3) is 0.889. The van der Waals surface area contributed by atoms with Crippen LogP contribution in [0.4, 0.5) is 0 Å². The van der Waals surface area contributed by atoms with Crippen molar-refractivity contribution in [3.8, 4) is 0 Å². The van der Waals surface area contributed by atoms with Crippen LogP contribution in [0.5, 0.6) is 0 Å². The minimum Gasteiger partial charge on any atom is -0.345 e. The van der Waals surface area contributed by atoms with Gasteiger partial charge in [-0.05, 0) is 12.8 Å². The van der Waals surface area contributed by atoms with E-state index in [1.807, 2.05) is 14.0 Å².